The Balaban J connectivity index is 0.00000119. The number of hydrogen-bond acceptors (Lipinski definition) is 5. The molecule has 1 aliphatic heterocycles. The molecule has 2 aromatic heterocycles. The van der Waals surface area contributed by atoms with Crippen molar-refractivity contribution in [3.05, 3.63) is 78.1 Å². The molecule has 0 bridgehead atoms. The molecule has 0 spiro atoms. The fraction of sp³-hybridized carbons (Fsp3) is 0.269. The van der Waals surface area contributed by atoms with E-state index in [1.807, 2.05) is 79.0 Å². The van der Waals surface area contributed by atoms with Crippen LogP contribution in [-0.2, 0) is 0 Å². The number of para-hydroxylation sites is 1. The number of fused-ring (bicyclic) bond motifs is 1. The third-order valence-electron chi connectivity index (χ3n) is 5.52. The number of piperidine rings is 1. The Hall–Kier alpha value is -3.69. The Kier molecular flexibility index (Phi) is 6.78. The second-order valence-corrected chi connectivity index (χ2v) is 7.40. The topological polar surface area (TPSA) is 75.2 Å². The molecule has 1 saturated heterocycles. The predicted molar refractivity (Wildman–Crippen MR) is 126 cm³/mol. The maximum absolute atomic E-state index is 9.84. The minimum atomic E-state index is 0.415. The number of rotatable bonds is 4. The zero-order valence-electron chi connectivity index (χ0n) is 18.5. The van der Waals surface area contributed by atoms with Crippen LogP contribution in [0.4, 0.5) is 0 Å². The number of hydrogen-bond donors (Lipinski definition) is 1. The van der Waals surface area contributed by atoms with Crippen LogP contribution in [-0.4, -0.2) is 27.7 Å². The van der Waals surface area contributed by atoms with Crippen molar-refractivity contribution in [3.8, 4) is 28.8 Å². The molecule has 32 heavy (non-hydrogen) atoms. The summed E-state index contributed by atoms with van der Waals surface area (Å²) in [6.45, 7) is 5.99. The largest absolute Gasteiger partial charge is 0.457 e. The number of nitriles is 1. The van der Waals surface area contributed by atoms with Gasteiger partial charge in [0, 0.05) is 23.4 Å². The van der Waals surface area contributed by atoms with Crippen molar-refractivity contribution in [3.63, 3.8) is 0 Å². The highest BCUT2D eigenvalue weighted by Crippen LogP contribution is 2.31. The molecule has 6 heteroatoms. The van der Waals surface area contributed by atoms with Crippen LogP contribution in [0.5, 0.6) is 11.5 Å². The van der Waals surface area contributed by atoms with E-state index in [1.165, 1.54) is 0 Å². The van der Waals surface area contributed by atoms with E-state index < -0.39 is 0 Å². The average Bonchev–Trinajstić information content (AvgIpc) is 3.26. The van der Waals surface area contributed by atoms with E-state index in [9.17, 15) is 5.26 Å². The van der Waals surface area contributed by atoms with E-state index >= 15 is 0 Å². The van der Waals surface area contributed by atoms with Crippen molar-refractivity contribution in [1.29, 1.82) is 5.26 Å². The number of nitrogens with one attached hydrogen (secondary N) is 1. The summed E-state index contributed by atoms with van der Waals surface area (Å²) >= 11 is 0. The number of aromatic nitrogens is 3. The van der Waals surface area contributed by atoms with E-state index in [1.54, 1.807) is 6.20 Å². The van der Waals surface area contributed by atoms with Gasteiger partial charge in [-0.25, -0.2) is 9.50 Å². The lowest BCUT2D eigenvalue weighted by Gasteiger charge is -2.23. The normalized spacial score (nSPS) is 13.8. The first-order valence-corrected chi connectivity index (χ1v) is 11.2. The molecule has 0 atom stereocenters. The standard InChI is InChI=1S/C24H21N5O.C2H6/c25-16-21-23(18-6-8-20(9-7-18)30-19-4-2-1-3-5-19)28-29-22(12-15-27-24(21)29)17-10-13-26-14-11-17;1-2/h1-9,12,15,17,26H,10-11,13-14H2;1-2H3. The second-order valence-electron chi connectivity index (χ2n) is 7.40. The molecule has 162 valence electrons. The van der Waals surface area contributed by atoms with Gasteiger partial charge in [0.15, 0.2) is 5.65 Å². The molecule has 3 heterocycles. The zero-order valence-corrected chi connectivity index (χ0v) is 18.5. The molecule has 4 aromatic rings. The summed E-state index contributed by atoms with van der Waals surface area (Å²) in [5.74, 6) is 1.94. The lowest BCUT2D eigenvalue weighted by molar-refractivity contribution is 0.447. The number of ether oxygens (including phenoxy) is 1. The Morgan fingerprint density at radius 3 is 2.34 bits per heavy atom. The van der Waals surface area contributed by atoms with Gasteiger partial charge in [0.25, 0.3) is 0 Å². The fourth-order valence-corrected chi connectivity index (χ4v) is 4.00. The highest BCUT2D eigenvalue weighted by atomic mass is 16.5. The molecular formula is C26H27N5O. The van der Waals surface area contributed by atoms with Gasteiger partial charge in [-0.15, -0.1) is 0 Å². The molecule has 0 amide bonds. The molecule has 2 aromatic carbocycles. The number of nitrogens with zero attached hydrogens (tertiary/aromatic N) is 4. The van der Waals surface area contributed by atoms with Crippen molar-refractivity contribution in [2.45, 2.75) is 32.6 Å². The van der Waals surface area contributed by atoms with Crippen LogP contribution in [0, 0.1) is 11.3 Å². The molecule has 1 fully saturated rings. The quantitative estimate of drug-likeness (QED) is 0.464. The van der Waals surface area contributed by atoms with Crippen LogP contribution in [0.3, 0.4) is 0 Å². The first-order chi connectivity index (χ1) is 15.8. The molecule has 0 unspecified atom stereocenters. The van der Waals surface area contributed by atoms with Crippen molar-refractivity contribution in [1.82, 2.24) is 19.9 Å². The second kappa shape index (κ2) is 10.1. The van der Waals surface area contributed by atoms with Gasteiger partial charge in [0.05, 0.1) is 0 Å². The van der Waals surface area contributed by atoms with Gasteiger partial charge in [-0.3, -0.25) is 0 Å². The lowest BCUT2D eigenvalue weighted by Crippen LogP contribution is -2.27. The van der Waals surface area contributed by atoms with Crippen LogP contribution in [0.2, 0.25) is 0 Å². The van der Waals surface area contributed by atoms with Crippen molar-refractivity contribution in [2.75, 3.05) is 13.1 Å². The summed E-state index contributed by atoms with van der Waals surface area (Å²) in [6, 6.07) is 21.7. The zero-order chi connectivity index (χ0) is 22.3. The molecule has 0 saturated carbocycles. The van der Waals surface area contributed by atoms with Gasteiger partial charge < -0.3 is 10.1 Å². The van der Waals surface area contributed by atoms with Crippen molar-refractivity contribution >= 4 is 5.65 Å². The van der Waals surface area contributed by atoms with Crippen LogP contribution in [0.15, 0.2) is 66.9 Å². The van der Waals surface area contributed by atoms with Gasteiger partial charge in [-0.2, -0.15) is 10.4 Å². The van der Waals surface area contributed by atoms with E-state index in [4.69, 9.17) is 9.84 Å². The first kappa shape index (κ1) is 21.5. The Morgan fingerprint density at radius 2 is 1.66 bits per heavy atom. The van der Waals surface area contributed by atoms with Crippen LogP contribution in [0.25, 0.3) is 16.9 Å². The molecule has 1 N–H and O–H groups in total. The highest BCUT2D eigenvalue weighted by molar-refractivity contribution is 5.75. The molecule has 1 aliphatic rings. The summed E-state index contributed by atoms with van der Waals surface area (Å²) in [6.07, 6.45) is 3.90. The summed E-state index contributed by atoms with van der Waals surface area (Å²) < 4.78 is 7.73. The van der Waals surface area contributed by atoms with Crippen LogP contribution < -0.4 is 10.1 Å². The smallest absolute Gasteiger partial charge is 0.173 e. The maximum Gasteiger partial charge on any atom is 0.173 e. The third-order valence-corrected chi connectivity index (χ3v) is 5.52. The predicted octanol–water partition coefficient (Wildman–Crippen LogP) is 5.55. The summed E-state index contributed by atoms with van der Waals surface area (Å²) in [7, 11) is 0. The van der Waals surface area contributed by atoms with Gasteiger partial charge in [-0.05, 0) is 68.4 Å². The summed E-state index contributed by atoms with van der Waals surface area (Å²) in [5.41, 5.74) is 3.76. The van der Waals surface area contributed by atoms with Gasteiger partial charge >= 0.3 is 0 Å². The van der Waals surface area contributed by atoms with Gasteiger partial charge in [0.1, 0.15) is 28.8 Å². The van der Waals surface area contributed by atoms with Crippen molar-refractivity contribution < 1.29 is 4.74 Å². The SMILES string of the molecule is CC.N#Cc1c(-c2ccc(Oc3ccccc3)cc2)nn2c(C3CCNCC3)ccnc12. The summed E-state index contributed by atoms with van der Waals surface area (Å²) in [5, 5.41) is 18.1. The van der Waals surface area contributed by atoms with E-state index in [2.05, 4.69) is 16.4 Å². The van der Waals surface area contributed by atoms with Crippen molar-refractivity contribution in [2.24, 2.45) is 0 Å². The molecule has 0 radical (unpaired) electrons. The maximum atomic E-state index is 9.84. The average molecular weight is 426 g/mol. The monoisotopic (exact) mass is 425 g/mol. The van der Waals surface area contributed by atoms with Gasteiger partial charge in [-0.1, -0.05) is 32.0 Å². The third kappa shape index (κ3) is 4.34. The minimum Gasteiger partial charge on any atom is -0.457 e. The van der Waals surface area contributed by atoms with Crippen LogP contribution >= 0.6 is 0 Å². The molecular weight excluding hydrogens is 398 g/mol. The first-order valence-electron chi connectivity index (χ1n) is 11.2. The molecule has 5 rings (SSSR count). The Bertz CT molecular complexity index is 1200. The van der Waals surface area contributed by atoms with E-state index in [0.717, 1.165) is 48.7 Å². The lowest BCUT2D eigenvalue weighted by atomic mass is 9.94. The van der Waals surface area contributed by atoms with E-state index in [-0.39, 0.29) is 0 Å². The van der Waals surface area contributed by atoms with Crippen LogP contribution in [0.1, 0.15) is 43.9 Å². The Labute approximate surface area is 188 Å². The molecule has 0 aliphatic carbocycles. The highest BCUT2D eigenvalue weighted by Gasteiger charge is 2.22. The fourth-order valence-electron chi connectivity index (χ4n) is 4.00. The minimum absolute atomic E-state index is 0.415. The molecule has 6 nitrogen and oxygen atoms in total. The number of benzene rings is 2. The van der Waals surface area contributed by atoms with E-state index in [0.29, 0.717) is 22.8 Å². The summed E-state index contributed by atoms with van der Waals surface area (Å²) in [4.78, 5) is 4.46. The Morgan fingerprint density at radius 1 is 0.969 bits per heavy atom. The van der Waals surface area contributed by atoms with Gasteiger partial charge in [0.2, 0.25) is 0 Å².